The molecule has 3 N–H and O–H groups in total. The van der Waals surface area contributed by atoms with Crippen LogP contribution in [0.25, 0.3) is 0 Å². The van der Waals surface area contributed by atoms with Gasteiger partial charge in [-0.1, -0.05) is 0 Å². The van der Waals surface area contributed by atoms with Gasteiger partial charge in [0.1, 0.15) is 5.03 Å². The Hall–Kier alpha value is -1.35. The van der Waals surface area contributed by atoms with E-state index in [1.54, 1.807) is 6.20 Å². The summed E-state index contributed by atoms with van der Waals surface area (Å²) in [4.78, 5) is 19.3. The molecule has 90 valence electrons. The Morgan fingerprint density at radius 3 is 3.12 bits per heavy atom. The zero-order valence-corrected chi connectivity index (χ0v) is 11.2. The van der Waals surface area contributed by atoms with Crippen LogP contribution in [0, 0.1) is 0 Å². The fraction of sp³-hybridized carbons (Fsp3) is 0.250. The second-order valence-electron chi connectivity index (χ2n) is 3.04. The zero-order valence-electron chi connectivity index (χ0n) is 8.85. The van der Waals surface area contributed by atoms with Crippen molar-refractivity contribution in [1.82, 2.24) is 24.7 Å². The first-order chi connectivity index (χ1) is 8.11. The summed E-state index contributed by atoms with van der Waals surface area (Å²) in [6.07, 6.45) is 1.56. The molecular weight excluding hydrogens is 308 g/mol. The minimum Gasteiger partial charge on any atom is -0.368 e. The highest BCUT2D eigenvalue weighted by Crippen LogP contribution is 2.29. The van der Waals surface area contributed by atoms with Crippen LogP contribution in [0.15, 0.2) is 25.6 Å². The molecule has 0 aromatic carbocycles. The number of hydrogen-bond acceptors (Lipinski definition) is 6. The van der Waals surface area contributed by atoms with Crippen LogP contribution in [-0.2, 0) is 6.54 Å². The molecule has 0 radical (unpaired) electrons. The van der Waals surface area contributed by atoms with Gasteiger partial charge >= 0.3 is 5.69 Å². The minimum absolute atomic E-state index is 0.177. The molecule has 0 saturated carbocycles. The van der Waals surface area contributed by atoms with Crippen molar-refractivity contribution < 1.29 is 0 Å². The quantitative estimate of drug-likeness (QED) is 0.815. The van der Waals surface area contributed by atoms with Crippen LogP contribution >= 0.6 is 27.7 Å². The van der Waals surface area contributed by atoms with Gasteiger partial charge in [0.25, 0.3) is 0 Å². The highest BCUT2D eigenvalue weighted by molar-refractivity contribution is 9.10. The number of nitrogens with one attached hydrogen (secondary N) is 1. The summed E-state index contributed by atoms with van der Waals surface area (Å²) < 4.78 is 2.21. The summed E-state index contributed by atoms with van der Waals surface area (Å²) in [5.74, 6) is 0.177. The Balaban J connectivity index is 2.37. The molecule has 0 saturated heterocycles. The van der Waals surface area contributed by atoms with Crippen molar-refractivity contribution in [3.8, 4) is 0 Å². The third-order valence-electron chi connectivity index (χ3n) is 1.96. The summed E-state index contributed by atoms with van der Waals surface area (Å²) in [5.41, 5.74) is 5.26. The fourth-order valence-corrected chi connectivity index (χ4v) is 2.49. The van der Waals surface area contributed by atoms with Gasteiger partial charge in [0.15, 0.2) is 5.16 Å². The molecule has 0 atom stereocenters. The molecule has 0 unspecified atom stereocenters. The van der Waals surface area contributed by atoms with E-state index in [2.05, 4.69) is 36.1 Å². The largest absolute Gasteiger partial charge is 0.368 e. The van der Waals surface area contributed by atoms with E-state index >= 15 is 0 Å². The molecule has 7 nitrogen and oxygen atoms in total. The van der Waals surface area contributed by atoms with Crippen molar-refractivity contribution in [2.45, 2.75) is 23.7 Å². The van der Waals surface area contributed by atoms with Crippen LogP contribution < -0.4 is 11.4 Å². The van der Waals surface area contributed by atoms with Gasteiger partial charge in [0.05, 0.1) is 4.47 Å². The van der Waals surface area contributed by atoms with Crippen LogP contribution in [0.5, 0.6) is 0 Å². The molecule has 2 heterocycles. The molecule has 0 aliphatic carbocycles. The number of nitrogens with two attached hydrogens (primary N) is 1. The van der Waals surface area contributed by atoms with Gasteiger partial charge in [-0.15, -0.1) is 5.10 Å². The fourth-order valence-electron chi connectivity index (χ4n) is 1.18. The smallest absolute Gasteiger partial charge is 0.343 e. The highest BCUT2D eigenvalue weighted by atomic mass is 79.9. The van der Waals surface area contributed by atoms with Crippen LogP contribution in [0.3, 0.4) is 0 Å². The van der Waals surface area contributed by atoms with E-state index in [9.17, 15) is 4.79 Å². The Kier molecular flexibility index (Phi) is 3.48. The van der Waals surface area contributed by atoms with Crippen molar-refractivity contribution in [1.29, 1.82) is 0 Å². The van der Waals surface area contributed by atoms with Gasteiger partial charge in [0.2, 0.25) is 5.95 Å². The van der Waals surface area contributed by atoms with Gasteiger partial charge in [0, 0.05) is 12.7 Å². The Morgan fingerprint density at radius 2 is 2.41 bits per heavy atom. The lowest BCUT2D eigenvalue weighted by molar-refractivity contribution is 0.660. The maximum atomic E-state index is 11.4. The van der Waals surface area contributed by atoms with E-state index in [4.69, 9.17) is 5.73 Å². The first-order valence-electron chi connectivity index (χ1n) is 4.73. The van der Waals surface area contributed by atoms with Gasteiger partial charge in [-0.2, -0.15) is 0 Å². The normalized spacial score (nSPS) is 10.7. The molecule has 17 heavy (non-hydrogen) atoms. The third kappa shape index (κ3) is 2.50. The predicted molar refractivity (Wildman–Crippen MR) is 66.8 cm³/mol. The van der Waals surface area contributed by atoms with Crippen molar-refractivity contribution in [3.05, 3.63) is 21.2 Å². The van der Waals surface area contributed by atoms with Gasteiger partial charge < -0.3 is 5.73 Å². The van der Waals surface area contributed by atoms with Crippen molar-refractivity contribution >= 4 is 33.6 Å². The molecule has 0 aliphatic heterocycles. The van der Waals surface area contributed by atoms with E-state index in [1.807, 2.05) is 6.92 Å². The first-order valence-corrected chi connectivity index (χ1v) is 6.33. The van der Waals surface area contributed by atoms with Crippen LogP contribution in [0.4, 0.5) is 5.95 Å². The Bertz CT molecular complexity index is 594. The summed E-state index contributed by atoms with van der Waals surface area (Å²) in [6.45, 7) is 2.40. The Labute approximate surface area is 109 Å². The number of rotatable bonds is 3. The topological polar surface area (TPSA) is 102 Å². The number of H-pyrrole nitrogens is 1. The number of anilines is 1. The van der Waals surface area contributed by atoms with E-state index < -0.39 is 0 Å². The van der Waals surface area contributed by atoms with Gasteiger partial charge in [-0.25, -0.2) is 19.9 Å². The van der Waals surface area contributed by atoms with E-state index in [0.29, 0.717) is 21.2 Å². The van der Waals surface area contributed by atoms with E-state index in [-0.39, 0.29) is 11.6 Å². The Morgan fingerprint density at radius 1 is 1.65 bits per heavy atom. The summed E-state index contributed by atoms with van der Waals surface area (Å²) >= 11 is 4.56. The second kappa shape index (κ2) is 4.88. The van der Waals surface area contributed by atoms with Crippen LogP contribution in [0.2, 0.25) is 0 Å². The summed E-state index contributed by atoms with van der Waals surface area (Å²) in [6, 6.07) is 0. The monoisotopic (exact) mass is 316 g/mol. The molecule has 2 aromatic rings. The lowest BCUT2D eigenvalue weighted by Crippen LogP contribution is -2.16. The lowest BCUT2D eigenvalue weighted by atomic mass is 10.7. The number of aromatic amines is 1. The van der Waals surface area contributed by atoms with Crippen molar-refractivity contribution in [2.75, 3.05) is 5.73 Å². The molecule has 0 aliphatic rings. The third-order valence-corrected chi connectivity index (χ3v) is 3.80. The van der Waals surface area contributed by atoms with Gasteiger partial charge in [-0.3, -0.25) is 4.57 Å². The maximum Gasteiger partial charge on any atom is 0.343 e. The molecule has 2 rings (SSSR count). The summed E-state index contributed by atoms with van der Waals surface area (Å²) in [5, 5.41) is 7.46. The maximum absolute atomic E-state index is 11.4. The van der Waals surface area contributed by atoms with Crippen molar-refractivity contribution in [2.24, 2.45) is 0 Å². The lowest BCUT2D eigenvalue weighted by Gasteiger charge is -2.03. The first kappa shape index (κ1) is 12.1. The average Bonchev–Trinajstić information content (AvgIpc) is 2.64. The molecule has 2 aromatic heterocycles. The van der Waals surface area contributed by atoms with E-state index in [0.717, 1.165) is 0 Å². The van der Waals surface area contributed by atoms with Crippen LogP contribution in [-0.4, -0.2) is 24.7 Å². The van der Waals surface area contributed by atoms with Crippen LogP contribution in [0.1, 0.15) is 6.92 Å². The molecule has 0 spiro atoms. The van der Waals surface area contributed by atoms with Gasteiger partial charge in [-0.05, 0) is 34.6 Å². The standard InChI is InChI=1S/C8H9BrN6OS/c1-2-15-7(16)13-14-8(15)17-5-4(9)3-11-6(10)12-5/h3H,2H2,1H3,(H,13,16)(H2,10,11,12). The highest BCUT2D eigenvalue weighted by Gasteiger charge is 2.12. The number of nitrogens with zero attached hydrogens (tertiary/aromatic N) is 4. The second-order valence-corrected chi connectivity index (χ2v) is 4.85. The number of hydrogen-bond donors (Lipinski definition) is 2. The molecule has 0 amide bonds. The minimum atomic E-state index is -0.242. The predicted octanol–water partition coefficient (Wildman–Crippen LogP) is 0.877. The zero-order chi connectivity index (χ0) is 12.4. The molecule has 0 bridgehead atoms. The molecular formula is C8H9BrN6OS. The van der Waals surface area contributed by atoms with Crippen molar-refractivity contribution in [3.63, 3.8) is 0 Å². The molecule has 9 heteroatoms. The summed E-state index contributed by atoms with van der Waals surface area (Å²) in [7, 11) is 0. The number of aromatic nitrogens is 5. The molecule has 0 fully saturated rings. The number of nitrogen functional groups attached to an aromatic ring is 1. The SMILES string of the molecule is CCn1c(Sc2nc(N)ncc2Br)n[nH]c1=O. The van der Waals surface area contributed by atoms with E-state index in [1.165, 1.54) is 16.3 Å². The number of halogens is 1. The average molecular weight is 317 g/mol.